The summed E-state index contributed by atoms with van der Waals surface area (Å²) in [6.07, 6.45) is 0. The molecular formula is C45H30. The maximum atomic E-state index is 2.43. The average molecular weight is 571 g/mol. The van der Waals surface area contributed by atoms with Gasteiger partial charge in [0.2, 0.25) is 0 Å². The van der Waals surface area contributed by atoms with E-state index in [1.807, 2.05) is 0 Å². The predicted molar refractivity (Wildman–Crippen MR) is 190 cm³/mol. The molecule has 0 fully saturated rings. The Kier molecular flexibility index (Phi) is 5.83. The molecule has 0 spiro atoms. The van der Waals surface area contributed by atoms with Crippen LogP contribution >= 0.6 is 0 Å². The Hall–Kier alpha value is -5.72. The van der Waals surface area contributed by atoms with E-state index < -0.39 is 5.41 Å². The summed E-state index contributed by atoms with van der Waals surface area (Å²) >= 11 is 0. The second kappa shape index (κ2) is 10.2. The third-order valence-corrected chi connectivity index (χ3v) is 9.77. The maximum Gasteiger partial charge on any atom is 0.0713 e. The van der Waals surface area contributed by atoms with Gasteiger partial charge in [-0.3, -0.25) is 0 Å². The Morgan fingerprint density at radius 3 is 1.38 bits per heavy atom. The molecule has 0 heteroatoms. The van der Waals surface area contributed by atoms with Crippen molar-refractivity contribution in [2.45, 2.75) is 5.41 Å². The number of fused-ring (bicyclic) bond motifs is 5. The first-order valence-electron chi connectivity index (χ1n) is 15.7. The van der Waals surface area contributed by atoms with Crippen LogP contribution in [0, 0.1) is 0 Å². The summed E-state index contributed by atoms with van der Waals surface area (Å²) in [7, 11) is 0. The van der Waals surface area contributed by atoms with Gasteiger partial charge in [0.1, 0.15) is 0 Å². The fourth-order valence-electron chi connectivity index (χ4n) is 7.80. The summed E-state index contributed by atoms with van der Waals surface area (Å²) in [5.41, 5.74) is 12.4. The van der Waals surface area contributed by atoms with E-state index in [1.54, 1.807) is 0 Å². The molecule has 210 valence electrons. The Morgan fingerprint density at radius 1 is 0.289 bits per heavy atom. The van der Waals surface area contributed by atoms with Crippen molar-refractivity contribution in [3.63, 3.8) is 0 Å². The summed E-state index contributed by atoms with van der Waals surface area (Å²) in [5.74, 6) is 0. The Labute approximate surface area is 263 Å². The first kappa shape index (κ1) is 25.7. The standard InChI is InChI=1S/C45H30/c1-3-18-37-31(12-1)14-10-22-39(37)33-26-28-35(29-27-33)45(43-24-7-5-20-41(43)42-21-6-8-25-44(42)45)36-17-9-16-34(30-36)40-23-11-15-32-13-2-4-19-38(32)40/h1-30H. The van der Waals surface area contributed by atoms with Crippen molar-refractivity contribution < 1.29 is 0 Å². The van der Waals surface area contributed by atoms with Crippen molar-refractivity contribution in [2.75, 3.05) is 0 Å². The highest BCUT2D eigenvalue weighted by atomic mass is 14.5. The van der Waals surface area contributed by atoms with Crippen LogP contribution in [0.4, 0.5) is 0 Å². The van der Waals surface area contributed by atoms with Gasteiger partial charge in [-0.2, -0.15) is 0 Å². The van der Waals surface area contributed by atoms with Crippen molar-refractivity contribution in [3.05, 3.63) is 204 Å². The third-order valence-electron chi connectivity index (χ3n) is 9.77. The molecule has 1 aliphatic carbocycles. The van der Waals surface area contributed by atoms with E-state index in [1.165, 1.54) is 77.2 Å². The Balaban J connectivity index is 1.30. The van der Waals surface area contributed by atoms with Crippen LogP contribution in [0.25, 0.3) is 54.9 Å². The summed E-state index contributed by atoms with van der Waals surface area (Å²) < 4.78 is 0. The highest BCUT2D eigenvalue weighted by Crippen LogP contribution is 2.56. The molecule has 8 aromatic carbocycles. The summed E-state index contributed by atoms with van der Waals surface area (Å²) in [6, 6.07) is 67.1. The third kappa shape index (κ3) is 3.86. The van der Waals surface area contributed by atoms with Gasteiger partial charge in [-0.25, -0.2) is 0 Å². The molecule has 0 aromatic heterocycles. The van der Waals surface area contributed by atoms with E-state index in [0.29, 0.717) is 0 Å². The highest BCUT2D eigenvalue weighted by Gasteiger charge is 2.46. The van der Waals surface area contributed by atoms with Crippen molar-refractivity contribution in [3.8, 4) is 33.4 Å². The SMILES string of the molecule is c1cc(-c2cccc3ccccc23)cc(C2(c3ccc(-c4cccc5ccccc45)cc3)c3ccccc3-c3ccccc32)c1. The number of hydrogen-bond acceptors (Lipinski definition) is 0. The fourth-order valence-corrected chi connectivity index (χ4v) is 7.80. The molecule has 0 bridgehead atoms. The zero-order chi connectivity index (χ0) is 29.8. The van der Waals surface area contributed by atoms with Crippen molar-refractivity contribution in [2.24, 2.45) is 0 Å². The molecule has 1 aliphatic rings. The maximum absolute atomic E-state index is 2.43. The van der Waals surface area contributed by atoms with Crippen LogP contribution in [0.2, 0.25) is 0 Å². The number of benzene rings is 8. The molecule has 9 rings (SSSR count). The van der Waals surface area contributed by atoms with Crippen LogP contribution in [0.1, 0.15) is 22.3 Å². The molecule has 8 aromatic rings. The van der Waals surface area contributed by atoms with Crippen LogP contribution in [0.15, 0.2) is 182 Å². The Bertz CT molecular complexity index is 2320. The molecule has 0 atom stereocenters. The molecule has 0 heterocycles. The van der Waals surface area contributed by atoms with Gasteiger partial charge in [0.05, 0.1) is 5.41 Å². The topological polar surface area (TPSA) is 0 Å². The molecule has 0 saturated heterocycles. The zero-order valence-electron chi connectivity index (χ0n) is 24.8. The molecule has 0 saturated carbocycles. The lowest BCUT2D eigenvalue weighted by molar-refractivity contribution is 0.769. The second-order valence-electron chi connectivity index (χ2n) is 12.1. The minimum atomic E-state index is -0.453. The first-order valence-corrected chi connectivity index (χ1v) is 15.7. The second-order valence-corrected chi connectivity index (χ2v) is 12.1. The van der Waals surface area contributed by atoms with Gasteiger partial charge in [0.15, 0.2) is 0 Å². The van der Waals surface area contributed by atoms with Crippen LogP contribution in [0.5, 0.6) is 0 Å². The lowest BCUT2D eigenvalue weighted by atomic mass is 9.67. The minimum Gasteiger partial charge on any atom is -0.0619 e. The first-order chi connectivity index (χ1) is 22.3. The van der Waals surface area contributed by atoms with Crippen molar-refractivity contribution in [1.29, 1.82) is 0 Å². The van der Waals surface area contributed by atoms with E-state index in [9.17, 15) is 0 Å². The molecule has 0 radical (unpaired) electrons. The molecule has 0 unspecified atom stereocenters. The summed E-state index contributed by atoms with van der Waals surface area (Å²) in [6.45, 7) is 0. The monoisotopic (exact) mass is 570 g/mol. The molecule has 0 amide bonds. The zero-order valence-corrected chi connectivity index (χ0v) is 24.8. The fraction of sp³-hybridized carbons (Fsp3) is 0.0222. The van der Waals surface area contributed by atoms with E-state index in [-0.39, 0.29) is 0 Å². The largest absolute Gasteiger partial charge is 0.0713 e. The molecular weight excluding hydrogens is 540 g/mol. The highest BCUT2D eigenvalue weighted by molar-refractivity contribution is 5.98. The van der Waals surface area contributed by atoms with Gasteiger partial charge in [0, 0.05) is 0 Å². The van der Waals surface area contributed by atoms with E-state index in [0.717, 1.165) is 0 Å². The van der Waals surface area contributed by atoms with Gasteiger partial charge in [-0.05, 0) is 83.2 Å². The van der Waals surface area contributed by atoms with E-state index in [4.69, 9.17) is 0 Å². The normalized spacial score (nSPS) is 13.1. The minimum absolute atomic E-state index is 0.453. The van der Waals surface area contributed by atoms with Crippen LogP contribution in [-0.2, 0) is 5.41 Å². The molecule has 0 N–H and O–H groups in total. The lowest BCUT2D eigenvalue weighted by Gasteiger charge is -2.34. The molecule has 45 heavy (non-hydrogen) atoms. The van der Waals surface area contributed by atoms with E-state index in [2.05, 4.69) is 182 Å². The van der Waals surface area contributed by atoms with Crippen LogP contribution in [0.3, 0.4) is 0 Å². The van der Waals surface area contributed by atoms with Crippen molar-refractivity contribution in [1.82, 2.24) is 0 Å². The molecule has 0 nitrogen and oxygen atoms in total. The Morgan fingerprint density at radius 2 is 0.756 bits per heavy atom. The van der Waals surface area contributed by atoms with Gasteiger partial charge in [-0.1, -0.05) is 176 Å². The smallest absolute Gasteiger partial charge is 0.0619 e. The van der Waals surface area contributed by atoms with E-state index >= 15 is 0 Å². The van der Waals surface area contributed by atoms with Crippen molar-refractivity contribution >= 4 is 21.5 Å². The van der Waals surface area contributed by atoms with Crippen LogP contribution < -0.4 is 0 Å². The van der Waals surface area contributed by atoms with Gasteiger partial charge >= 0.3 is 0 Å². The average Bonchev–Trinajstić information content (AvgIpc) is 3.42. The van der Waals surface area contributed by atoms with Crippen LogP contribution in [-0.4, -0.2) is 0 Å². The number of rotatable bonds is 4. The van der Waals surface area contributed by atoms with Gasteiger partial charge < -0.3 is 0 Å². The van der Waals surface area contributed by atoms with Gasteiger partial charge in [-0.15, -0.1) is 0 Å². The summed E-state index contributed by atoms with van der Waals surface area (Å²) in [4.78, 5) is 0. The quantitative estimate of drug-likeness (QED) is 0.197. The molecule has 0 aliphatic heterocycles. The summed E-state index contributed by atoms with van der Waals surface area (Å²) in [5, 5.41) is 5.08. The lowest BCUT2D eigenvalue weighted by Crippen LogP contribution is -2.28. The van der Waals surface area contributed by atoms with Gasteiger partial charge in [0.25, 0.3) is 0 Å². The predicted octanol–water partition coefficient (Wildman–Crippen LogP) is 11.7. The number of hydrogen-bond donors (Lipinski definition) is 0.